The molecule has 2 aliphatic rings. The van der Waals surface area contributed by atoms with E-state index in [1.807, 2.05) is 19.2 Å². The van der Waals surface area contributed by atoms with Crippen LogP contribution in [0.4, 0.5) is 10.1 Å². The smallest absolute Gasteiger partial charge is 0.213 e. The van der Waals surface area contributed by atoms with Crippen molar-refractivity contribution in [2.45, 2.75) is 18.9 Å². The molecule has 1 saturated heterocycles. The first kappa shape index (κ1) is 21.7. The molecule has 0 spiro atoms. The number of benzene rings is 1. The summed E-state index contributed by atoms with van der Waals surface area (Å²) >= 11 is 0. The van der Waals surface area contributed by atoms with Crippen molar-refractivity contribution in [3.8, 4) is 11.6 Å². The number of aromatic nitrogens is 1. The number of nitrogens with one attached hydrogen (secondary N) is 1. The molecular formula is C23H29FN4O3. The van der Waals surface area contributed by atoms with Crippen LogP contribution in [-0.2, 0) is 0 Å². The first-order valence-corrected chi connectivity index (χ1v) is 10.7. The monoisotopic (exact) mass is 428 g/mol. The van der Waals surface area contributed by atoms with Crippen LogP contribution in [-0.4, -0.2) is 67.7 Å². The van der Waals surface area contributed by atoms with Crippen LogP contribution in [0.25, 0.3) is 0 Å². The van der Waals surface area contributed by atoms with Crippen LogP contribution in [0.15, 0.2) is 35.5 Å². The number of aliphatic hydroxyl groups is 1. The molecule has 8 heteroatoms. The summed E-state index contributed by atoms with van der Waals surface area (Å²) in [7, 11) is 3.33. The van der Waals surface area contributed by atoms with Crippen molar-refractivity contribution in [1.29, 1.82) is 0 Å². The van der Waals surface area contributed by atoms with Gasteiger partial charge in [0.1, 0.15) is 6.61 Å². The van der Waals surface area contributed by atoms with Crippen LogP contribution in [0, 0.1) is 11.7 Å². The van der Waals surface area contributed by atoms with Gasteiger partial charge in [0, 0.05) is 56.1 Å². The van der Waals surface area contributed by atoms with Gasteiger partial charge in [-0.3, -0.25) is 9.89 Å². The number of pyridine rings is 1. The third-order valence-electron chi connectivity index (χ3n) is 5.99. The molecule has 0 saturated carbocycles. The van der Waals surface area contributed by atoms with Crippen LogP contribution in [0.3, 0.4) is 0 Å². The van der Waals surface area contributed by atoms with E-state index in [1.54, 1.807) is 18.3 Å². The third-order valence-corrected chi connectivity index (χ3v) is 5.99. The van der Waals surface area contributed by atoms with Gasteiger partial charge in [0.15, 0.2) is 11.6 Å². The molecule has 166 valence electrons. The zero-order valence-electron chi connectivity index (χ0n) is 18.0. The normalized spacial score (nSPS) is 21.0. The summed E-state index contributed by atoms with van der Waals surface area (Å²) in [4.78, 5) is 11.6. The highest BCUT2D eigenvalue weighted by atomic mass is 19.1. The molecule has 0 bridgehead atoms. The number of fused-ring (bicyclic) bond motifs is 1. The lowest BCUT2D eigenvalue weighted by molar-refractivity contribution is 0.200. The van der Waals surface area contributed by atoms with E-state index < -0.39 is 0 Å². The van der Waals surface area contributed by atoms with E-state index in [9.17, 15) is 9.50 Å². The fourth-order valence-corrected chi connectivity index (χ4v) is 4.26. The molecule has 0 amide bonds. The standard InChI is InChI=1S/C23H29FN4O3/c1-25-6-8-31-23-4-3-16(12-26-23)19-10-21(28-7-5-15(13-28)14-29)17-9-18(24)22(30-2)11-20(17)27-19/h3-4,9,11-12,15,21,25,29H,5-8,10,13-14H2,1-2H3. The molecule has 31 heavy (non-hydrogen) atoms. The van der Waals surface area contributed by atoms with E-state index >= 15 is 0 Å². The average molecular weight is 429 g/mol. The van der Waals surface area contributed by atoms with E-state index in [0.29, 0.717) is 24.6 Å². The molecule has 2 N–H and O–H groups in total. The molecule has 1 aromatic carbocycles. The van der Waals surface area contributed by atoms with Gasteiger partial charge in [-0.25, -0.2) is 9.37 Å². The Morgan fingerprint density at radius 1 is 1.32 bits per heavy atom. The maximum Gasteiger partial charge on any atom is 0.213 e. The van der Waals surface area contributed by atoms with Crippen LogP contribution in [0.5, 0.6) is 11.6 Å². The number of rotatable bonds is 8. The number of aliphatic hydroxyl groups excluding tert-OH is 1. The number of likely N-dealkylation sites (tertiary alicyclic amines) is 1. The van der Waals surface area contributed by atoms with E-state index in [2.05, 4.69) is 15.2 Å². The Bertz CT molecular complexity index is 935. The molecule has 4 rings (SSSR count). The zero-order valence-corrected chi connectivity index (χ0v) is 18.0. The number of ether oxygens (including phenoxy) is 2. The van der Waals surface area contributed by atoms with Crippen LogP contribution in [0.1, 0.15) is 30.0 Å². The largest absolute Gasteiger partial charge is 0.494 e. The average Bonchev–Trinajstić information content (AvgIpc) is 3.28. The van der Waals surface area contributed by atoms with Gasteiger partial charge < -0.3 is 19.9 Å². The Morgan fingerprint density at radius 3 is 2.87 bits per heavy atom. The third kappa shape index (κ3) is 4.71. The quantitative estimate of drug-likeness (QED) is 0.630. The van der Waals surface area contributed by atoms with Crippen molar-refractivity contribution in [3.05, 3.63) is 47.4 Å². The van der Waals surface area contributed by atoms with Crippen molar-refractivity contribution in [2.24, 2.45) is 10.9 Å². The van der Waals surface area contributed by atoms with Gasteiger partial charge in [0.25, 0.3) is 0 Å². The van der Waals surface area contributed by atoms with Gasteiger partial charge in [-0.1, -0.05) is 0 Å². The minimum atomic E-state index is -0.382. The zero-order chi connectivity index (χ0) is 21.8. The second kappa shape index (κ2) is 9.72. The highest BCUT2D eigenvalue weighted by Crippen LogP contribution is 2.42. The van der Waals surface area contributed by atoms with Gasteiger partial charge in [-0.05, 0) is 43.6 Å². The molecule has 7 nitrogen and oxygen atoms in total. The van der Waals surface area contributed by atoms with E-state index in [1.165, 1.54) is 7.11 Å². The van der Waals surface area contributed by atoms with E-state index in [-0.39, 0.29) is 30.1 Å². The number of nitrogens with zero attached hydrogens (tertiary/aromatic N) is 3. The molecule has 2 aliphatic heterocycles. The number of halogens is 1. The van der Waals surface area contributed by atoms with Crippen molar-refractivity contribution in [3.63, 3.8) is 0 Å². The number of likely N-dealkylation sites (N-methyl/N-ethyl adjacent to an activating group) is 1. The van der Waals surface area contributed by atoms with Crippen LogP contribution < -0.4 is 14.8 Å². The van der Waals surface area contributed by atoms with Gasteiger partial charge in [0.2, 0.25) is 5.88 Å². The molecular weight excluding hydrogens is 399 g/mol. The molecule has 1 fully saturated rings. The van der Waals surface area contributed by atoms with E-state index in [4.69, 9.17) is 14.5 Å². The molecule has 0 radical (unpaired) electrons. The highest BCUT2D eigenvalue weighted by molar-refractivity contribution is 6.03. The van der Waals surface area contributed by atoms with Crippen molar-refractivity contribution >= 4 is 11.4 Å². The van der Waals surface area contributed by atoms with Crippen LogP contribution >= 0.6 is 0 Å². The highest BCUT2D eigenvalue weighted by Gasteiger charge is 2.34. The second-order valence-electron chi connectivity index (χ2n) is 7.99. The Balaban J connectivity index is 1.64. The Labute approximate surface area is 181 Å². The predicted octanol–water partition coefficient (Wildman–Crippen LogP) is 2.71. The Kier molecular flexibility index (Phi) is 6.80. The topological polar surface area (TPSA) is 79.2 Å². The summed E-state index contributed by atoms with van der Waals surface area (Å²) < 4.78 is 25.3. The minimum absolute atomic E-state index is 0.00832. The lowest BCUT2D eigenvalue weighted by atomic mass is 9.92. The molecule has 1 aromatic heterocycles. The number of hydrogen-bond donors (Lipinski definition) is 2. The number of methoxy groups -OCH3 is 1. The maximum absolute atomic E-state index is 14.5. The van der Waals surface area contributed by atoms with Gasteiger partial charge in [-0.2, -0.15) is 0 Å². The van der Waals surface area contributed by atoms with Crippen molar-refractivity contribution in [2.75, 3.05) is 47.0 Å². The lowest BCUT2D eigenvalue weighted by Crippen LogP contribution is -2.31. The fraction of sp³-hybridized carbons (Fsp3) is 0.478. The summed E-state index contributed by atoms with van der Waals surface area (Å²) in [6, 6.07) is 7.01. The summed E-state index contributed by atoms with van der Waals surface area (Å²) in [5.41, 5.74) is 3.39. The summed E-state index contributed by atoms with van der Waals surface area (Å²) in [5.74, 6) is 0.627. The van der Waals surface area contributed by atoms with E-state index in [0.717, 1.165) is 42.9 Å². The summed E-state index contributed by atoms with van der Waals surface area (Å²) in [5, 5.41) is 12.6. The molecule has 3 heterocycles. The minimum Gasteiger partial charge on any atom is -0.494 e. The first-order chi connectivity index (χ1) is 15.1. The second-order valence-corrected chi connectivity index (χ2v) is 7.99. The molecule has 2 unspecified atom stereocenters. The summed E-state index contributed by atoms with van der Waals surface area (Å²) in [6.45, 7) is 3.13. The predicted molar refractivity (Wildman–Crippen MR) is 117 cm³/mol. The lowest BCUT2D eigenvalue weighted by Gasteiger charge is -2.33. The van der Waals surface area contributed by atoms with Crippen LogP contribution in [0.2, 0.25) is 0 Å². The van der Waals surface area contributed by atoms with Gasteiger partial charge in [0.05, 0.1) is 18.5 Å². The fourth-order valence-electron chi connectivity index (χ4n) is 4.26. The maximum atomic E-state index is 14.5. The summed E-state index contributed by atoms with van der Waals surface area (Å²) in [6.07, 6.45) is 3.36. The Morgan fingerprint density at radius 2 is 2.19 bits per heavy atom. The molecule has 2 atom stereocenters. The first-order valence-electron chi connectivity index (χ1n) is 10.7. The van der Waals surface area contributed by atoms with Crippen molar-refractivity contribution < 1.29 is 19.0 Å². The molecule has 2 aromatic rings. The van der Waals surface area contributed by atoms with Gasteiger partial charge in [-0.15, -0.1) is 0 Å². The SMILES string of the molecule is CNCCOc1ccc(C2=Nc3cc(OC)c(F)cc3C(N3CCC(CO)C3)C2)cn1. The number of aliphatic imine (C=N–C) groups is 1. The Hall–Kier alpha value is -2.55. The van der Waals surface area contributed by atoms with Gasteiger partial charge >= 0.3 is 0 Å². The molecule has 0 aliphatic carbocycles. The number of hydrogen-bond acceptors (Lipinski definition) is 7. The van der Waals surface area contributed by atoms with Crippen molar-refractivity contribution in [1.82, 2.24) is 15.2 Å².